The maximum atomic E-state index is 13.3. The second-order valence-corrected chi connectivity index (χ2v) is 9.14. The Balaban J connectivity index is 2.03. The first-order valence-corrected chi connectivity index (χ1v) is 11.3. The number of hydrogen-bond acceptors (Lipinski definition) is 5. The molecule has 1 amide bonds. The zero-order valence-electron chi connectivity index (χ0n) is 15.7. The van der Waals surface area contributed by atoms with E-state index in [1.807, 2.05) is 6.07 Å². The molecule has 0 radical (unpaired) electrons. The lowest BCUT2D eigenvalue weighted by Crippen LogP contribution is -2.30. The SMILES string of the molecule is CCOC(=O)/C(C#N)=C1\S[C@@H](Cc2ccc(Cl)c(Cl)c2)C(=O)N1c1ccc(Br)cc1. The van der Waals surface area contributed by atoms with Crippen molar-refractivity contribution in [2.24, 2.45) is 0 Å². The molecule has 5 nitrogen and oxygen atoms in total. The first-order chi connectivity index (χ1) is 14.3. The van der Waals surface area contributed by atoms with Crippen molar-refractivity contribution in [3.05, 3.63) is 73.1 Å². The number of halogens is 3. The van der Waals surface area contributed by atoms with Gasteiger partial charge >= 0.3 is 5.97 Å². The van der Waals surface area contributed by atoms with Crippen molar-refractivity contribution in [2.75, 3.05) is 11.5 Å². The van der Waals surface area contributed by atoms with Gasteiger partial charge in [0.05, 0.1) is 21.9 Å². The number of nitrogens with zero attached hydrogens (tertiary/aromatic N) is 2. The number of hydrogen-bond donors (Lipinski definition) is 0. The van der Waals surface area contributed by atoms with E-state index < -0.39 is 11.2 Å². The van der Waals surface area contributed by atoms with Crippen molar-refractivity contribution < 1.29 is 14.3 Å². The van der Waals surface area contributed by atoms with Crippen LogP contribution in [0.15, 0.2) is 57.5 Å². The van der Waals surface area contributed by atoms with Crippen molar-refractivity contribution in [1.29, 1.82) is 5.26 Å². The predicted octanol–water partition coefficient (Wildman–Crippen LogP) is 5.75. The maximum absolute atomic E-state index is 13.3. The van der Waals surface area contributed by atoms with Crippen LogP contribution < -0.4 is 4.90 Å². The van der Waals surface area contributed by atoms with Gasteiger partial charge < -0.3 is 4.74 Å². The molecule has 0 spiro atoms. The third kappa shape index (κ3) is 4.84. The molecule has 1 fully saturated rings. The molecule has 0 saturated carbocycles. The molecule has 1 aliphatic rings. The average Bonchev–Trinajstić information content (AvgIpc) is 3.02. The highest BCUT2D eigenvalue weighted by atomic mass is 79.9. The summed E-state index contributed by atoms with van der Waals surface area (Å²) >= 11 is 16.6. The van der Waals surface area contributed by atoms with Crippen LogP contribution >= 0.6 is 50.9 Å². The molecule has 0 unspecified atom stereocenters. The number of esters is 1. The first kappa shape index (κ1) is 22.7. The fraction of sp³-hybridized carbons (Fsp3) is 0.190. The summed E-state index contributed by atoms with van der Waals surface area (Å²) in [6.45, 7) is 1.78. The van der Waals surface area contributed by atoms with Crippen LogP contribution in [0.25, 0.3) is 0 Å². The molecular formula is C21H15BrCl2N2O3S. The van der Waals surface area contributed by atoms with Gasteiger partial charge in [0, 0.05) is 10.2 Å². The van der Waals surface area contributed by atoms with Gasteiger partial charge in [-0.25, -0.2) is 4.79 Å². The molecule has 0 bridgehead atoms. The lowest BCUT2D eigenvalue weighted by molar-refractivity contribution is -0.138. The summed E-state index contributed by atoms with van der Waals surface area (Å²) < 4.78 is 5.86. The van der Waals surface area contributed by atoms with E-state index in [4.69, 9.17) is 27.9 Å². The average molecular weight is 526 g/mol. The molecule has 30 heavy (non-hydrogen) atoms. The van der Waals surface area contributed by atoms with Gasteiger partial charge in [-0.15, -0.1) is 0 Å². The Morgan fingerprint density at radius 1 is 1.23 bits per heavy atom. The van der Waals surface area contributed by atoms with Crippen molar-refractivity contribution in [3.63, 3.8) is 0 Å². The summed E-state index contributed by atoms with van der Waals surface area (Å²) in [6.07, 6.45) is 0.360. The minimum absolute atomic E-state index is 0.126. The van der Waals surface area contributed by atoms with E-state index in [0.29, 0.717) is 22.2 Å². The summed E-state index contributed by atoms with van der Waals surface area (Å²) in [5.74, 6) is -0.993. The van der Waals surface area contributed by atoms with Gasteiger partial charge in [-0.3, -0.25) is 9.69 Å². The predicted molar refractivity (Wildman–Crippen MR) is 122 cm³/mol. The molecule has 2 aromatic rings. The number of rotatable bonds is 5. The largest absolute Gasteiger partial charge is 0.462 e. The summed E-state index contributed by atoms with van der Waals surface area (Å²) in [5.41, 5.74) is 1.18. The zero-order valence-corrected chi connectivity index (χ0v) is 19.6. The van der Waals surface area contributed by atoms with Gasteiger partial charge in [0.1, 0.15) is 11.1 Å². The van der Waals surface area contributed by atoms with Gasteiger partial charge in [0.15, 0.2) is 5.57 Å². The molecule has 1 saturated heterocycles. The fourth-order valence-corrected chi connectivity index (χ4v) is 4.77. The summed E-state index contributed by atoms with van der Waals surface area (Å²) in [4.78, 5) is 27.0. The van der Waals surface area contributed by atoms with Crippen molar-refractivity contribution in [3.8, 4) is 6.07 Å². The molecule has 3 rings (SSSR count). The number of thioether (sulfide) groups is 1. The second-order valence-electron chi connectivity index (χ2n) is 6.22. The topological polar surface area (TPSA) is 70.4 Å². The smallest absolute Gasteiger partial charge is 0.351 e. The van der Waals surface area contributed by atoms with Crippen LogP contribution in [0.2, 0.25) is 10.0 Å². The molecule has 154 valence electrons. The van der Waals surface area contributed by atoms with Crippen LogP contribution in [0.4, 0.5) is 5.69 Å². The molecule has 1 atom stereocenters. The van der Waals surface area contributed by atoms with E-state index in [-0.39, 0.29) is 23.1 Å². The molecule has 2 aromatic carbocycles. The monoisotopic (exact) mass is 524 g/mol. The number of ether oxygens (including phenoxy) is 1. The van der Waals surface area contributed by atoms with E-state index >= 15 is 0 Å². The normalized spacial score (nSPS) is 17.6. The third-order valence-electron chi connectivity index (χ3n) is 4.25. The second kappa shape index (κ2) is 9.88. The Morgan fingerprint density at radius 3 is 2.53 bits per heavy atom. The van der Waals surface area contributed by atoms with Gasteiger partial charge in [-0.05, 0) is 55.3 Å². The molecule has 0 N–H and O–H groups in total. The van der Waals surface area contributed by atoms with Crippen LogP contribution in [0, 0.1) is 11.3 Å². The van der Waals surface area contributed by atoms with Gasteiger partial charge in [-0.1, -0.05) is 57.0 Å². The van der Waals surface area contributed by atoms with Crippen LogP contribution in [0.1, 0.15) is 12.5 Å². The van der Waals surface area contributed by atoms with Crippen LogP contribution in [0.5, 0.6) is 0 Å². The van der Waals surface area contributed by atoms with Gasteiger partial charge in [0.25, 0.3) is 0 Å². The summed E-state index contributed by atoms with van der Waals surface area (Å²) in [7, 11) is 0. The Labute approximate surface area is 196 Å². The highest BCUT2D eigenvalue weighted by molar-refractivity contribution is 9.10. The Hall–Kier alpha value is -1.98. The first-order valence-electron chi connectivity index (χ1n) is 8.87. The number of nitriles is 1. The number of amides is 1. The quantitative estimate of drug-likeness (QED) is 0.282. The van der Waals surface area contributed by atoms with Crippen molar-refractivity contribution in [2.45, 2.75) is 18.6 Å². The van der Waals surface area contributed by atoms with E-state index in [9.17, 15) is 14.9 Å². The summed E-state index contributed by atoms with van der Waals surface area (Å²) in [5, 5.41) is 10.2. The van der Waals surface area contributed by atoms with E-state index in [0.717, 1.165) is 21.8 Å². The molecular weight excluding hydrogens is 511 g/mol. The molecule has 9 heteroatoms. The Bertz CT molecular complexity index is 1070. The standard InChI is InChI=1S/C21H15BrCl2N2O3S/c1-2-29-21(28)15(11-25)20-26(14-6-4-13(22)5-7-14)19(27)18(30-20)10-12-3-8-16(23)17(24)9-12/h3-9,18H,2,10H2,1H3/b20-15-/t18-/m0/s1. The molecule has 0 aromatic heterocycles. The van der Waals surface area contributed by atoms with Gasteiger partial charge in [-0.2, -0.15) is 5.26 Å². The van der Waals surface area contributed by atoms with Crippen molar-refractivity contribution in [1.82, 2.24) is 0 Å². The number of anilines is 1. The van der Waals surface area contributed by atoms with E-state index in [1.165, 1.54) is 4.90 Å². The maximum Gasteiger partial charge on any atom is 0.351 e. The number of carbonyl (C=O) groups excluding carboxylic acids is 2. The highest BCUT2D eigenvalue weighted by Gasteiger charge is 2.41. The molecule has 1 aliphatic heterocycles. The minimum atomic E-state index is -0.757. The van der Waals surface area contributed by atoms with Gasteiger partial charge in [0.2, 0.25) is 5.91 Å². The third-order valence-corrected chi connectivity index (χ3v) is 6.78. The van der Waals surface area contributed by atoms with E-state index in [2.05, 4.69) is 15.9 Å². The Morgan fingerprint density at radius 2 is 1.93 bits per heavy atom. The van der Waals surface area contributed by atoms with Crippen LogP contribution in [-0.4, -0.2) is 23.7 Å². The highest BCUT2D eigenvalue weighted by Crippen LogP contribution is 2.42. The van der Waals surface area contributed by atoms with Crippen LogP contribution in [0.3, 0.4) is 0 Å². The number of benzene rings is 2. The minimum Gasteiger partial charge on any atom is -0.462 e. The van der Waals surface area contributed by atoms with Crippen molar-refractivity contribution >= 4 is 68.5 Å². The Kier molecular flexibility index (Phi) is 7.48. The fourth-order valence-electron chi connectivity index (χ4n) is 2.88. The van der Waals surface area contributed by atoms with Crippen LogP contribution in [-0.2, 0) is 20.7 Å². The number of carbonyl (C=O) groups is 2. The summed E-state index contributed by atoms with van der Waals surface area (Å²) in [6, 6.07) is 14.1. The van der Waals surface area contributed by atoms with E-state index in [1.54, 1.807) is 49.4 Å². The molecule has 0 aliphatic carbocycles. The molecule has 1 heterocycles. The lowest BCUT2D eigenvalue weighted by atomic mass is 10.1. The zero-order chi connectivity index (χ0) is 21.8. The lowest BCUT2D eigenvalue weighted by Gasteiger charge is -2.18.